The zero-order chi connectivity index (χ0) is 12.8. The van der Waals surface area contributed by atoms with Crippen LogP contribution in [0.1, 0.15) is 19.4 Å². The molecule has 1 heterocycles. The molecule has 0 bridgehead atoms. The van der Waals surface area contributed by atoms with Crippen LogP contribution in [0.15, 0.2) is 24.5 Å². The lowest BCUT2D eigenvalue weighted by Gasteiger charge is -2.10. The van der Waals surface area contributed by atoms with Crippen LogP contribution >= 0.6 is 0 Å². The summed E-state index contributed by atoms with van der Waals surface area (Å²) in [5.41, 5.74) is 6.31. The molecule has 0 aliphatic rings. The fourth-order valence-corrected chi connectivity index (χ4v) is 1.22. The number of hydrogen-bond acceptors (Lipinski definition) is 5. The summed E-state index contributed by atoms with van der Waals surface area (Å²) >= 11 is 0. The molecule has 1 aromatic rings. The summed E-state index contributed by atoms with van der Waals surface area (Å²) < 4.78 is 10.00. The molecule has 0 aromatic carbocycles. The number of carbonyl (C=O) groups excluding carboxylic acids is 1. The second-order valence-corrected chi connectivity index (χ2v) is 3.62. The molecule has 17 heavy (non-hydrogen) atoms. The summed E-state index contributed by atoms with van der Waals surface area (Å²) in [5, 5.41) is 0. The lowest BCUT2D eigenvalue weighted by Crippen LogP contribution is -2.14. The molecule has 0 fully saturated rings. The summed E-state index contributed by atoms with van der Waals surface area (Å²) in [6.07, 6.45) is 2.54. The van der Waals surface area contributed by atoms with Crippen molar-refractivity contribution >= 4 is 11.5 Å². The van der Waals surface area contributed by atoms with E-state index in [1.807, 2.05) is 0 Å². The van der Waals surface area contributed by atoms with Crippen molar-refractivity contribution in [1.29, 1.82) is 0 Å². The molecular formula is C12H16N2O3. The van der Waals surface area contributed by atoms with Crippen LogP contribution in [0.3, 0.4) is 0 Å². The normalized spacial score (nSPS) is 11.4. The van der Waals surface area contributed by atoms with Crippen molar-refractivity contribution in [2.75, 3.05) is 7.11 Å². The maximum atomic E-state index is 11.7. The van der Waals surface area contributed by atoms with Crippen molar-refractivity contribution in [3.63, 3.8) is 0 Å². The molecule has 0 radical (unpaired) electrons. The Bertz CT molecular complexity index is 410. The van der Waals surface area contributed by atoms with E-state index in [0.29, 0.717) is 11.4 Å². The average molecular weight is 236 g/mol. The van der Waals surface area contributed by atoms with Gasteiger partial charge in [-0.05, 0) is 19.9 Å². The SMILES string of the molecule is COc1ccc(/C(=C\N)C(=O)OC(C)C)cn1. The largest absolute Gasteiger partial charge is 0.481 e. The summed E-state index contributed by atoms with van der Waals surface area (Å²) in [7, 11) is 1.52. The van der Waals surface area contributed by atoms with Gasteiger partial charge in [0.25, 0.3) is 0 Å². The lowest BCUT2D eigenvalue weighted by molar-refractivity contribution is -0.140. The second-order valence-electron chi connectivity index (χ2n) is 3.62. The highest BCUT2D eigenvalue weighted by molar-refractivity contribution is 6.16. The third-order valence-electron chi connectivity index (χ3n) is 1.99. The van der Waals surface area contributed by atoms with E-state index in [0.717, 1.165) is 0 Å². The first-order chi connectivity index (χ1) is 8.08. The molecule has 2 N–H and O–H groups in total. The van der Waals surface area contributed by atoms with Gasteiger partial charge in [0.05, 0.1) is 18.8 Å². The number of hydrogen-bond donors (Lipinski definition) is 1. The summed E-state index contributed by atoms with van der Waals surface area (Å²) in [6, 6.07) is 3.35. The Hall–Kier alpha value is -2.04. The van der Waals surface area contributed by atoms with Gasteiger partial charge in [0, 0.05) is 24.0 Å². The minimum Gasteiger partial charge on any atom is -0.481 e. The van der Waals surface area contributed by atoms with Gasteiger partial charge < -0.3 is 15.2 Å². The van der Waals surface area contributed by atoms with Gasteiger partial charge in [0.2, 0.25) is 5.88 Å². The molecule has 1 rings (SSSR count). The smallest absolute Gasteiger partial charge is 0.340 e. The molecule has 1 aromatic heterocycles. The molecule has 92 valence electrons. The number of carbonyl (C=O) groups is 1. The van der Waals surface area contributed by atoms with E-state index < -0.39 is 5.97 Å². The molecule has 0 aliphatic heterocycles. The Labute approximate surface area is 100 Å². The first kappa shape index (κ1) is 13.0. The minimum atomic E-state index is -0.463. The molecule has 0 spiro atoms. The van der Waals surface area contributed by atoms with Crippen LogP contribution in [-0.4, -0.2) is 24.2 Å². The number of aromatic nitrogens is 1. The second kappa shape index (κ2) is 5.89. The standard InChI is InChI=1S/C12H16N2O3/c1-8(2)17-12(15)10(6-13)9-4-5-11(16-3)14-7-9/h4-8H,13H2,1-3H3/b10-6+. The minimum absolute atomic E-state index is 0.191. The molecular weight excluding hydrogens is 220 g/mol. The Morgan fingerprint density at radius 1 is 1.47 bits per heavy atom. The van der Waals surface area contributed by atoms with E-state index >= 15 is 0 Å². The van der Waals surface area contributed by atoms with Gasteiger partial charge in [0.1, 0.15) is 0 Å². The molecule has 0 saturated heterocycles. The first-order valence-electron chi connectivity index (χ1n) is 5.21. The maximum Gasteiger partial charge on any atom is 0.340 e. The van der Waals surface area contributed by atoms with E-state index in [-0.39, 0.29) is 11.7 Å². The zero-order valence-corrected chi connectivity index (χ0v) is 10.1. The van der Waals surface area contributed by atoms with Crippen LogP contribution in [0.5, 0.6) is 5.88 Å². The van der Waals surface area contributed by atoms with Crippen molar-refractivity contribution in [2.45, 2.75) is 20.0 Å². The predicted octanol–water partition coefficient (Wildman–Crippen LogP) is 1.34. The number of pyridine rings is 1. The number of nitrogens with two attached hydrogens (primary N) is 1. The van der Waals surface area contributed by atoms with Crippen LogP contribution < -0.4 is 10.5 Å². The molecule has 0 unspecified atom stereocenters. The predicted molar refractivity (Wildman–Crippen MR) is 64.2 cm³/mol. The van der Waals surface area contributed by atoms with Gasteiger partial charge >= 0.3 is 5.97 Å². The number of methoxy groups -OCH3 is 1. The van der Waals surface area contributed by atoms with Crippen molar-refractivity contribution in [3.8, 4) is 5.88 Å². The topological polar surface area (TPSA) is 74.4 Å². The quantitative estimate of drug-likeness (QED) is 0.630. The maximum absolute atomic E-state index is 11.7. The van der Waals surface area contributed by atoms with Crippen molar-refractivity contribution in [3.05, 3.63) is 30.1 Å². The van der Waals surface area contributed by atoms with Crippen LogP contribution in [0.2, 0.25) is 0 Å². The van der Waals surface area contributed by atoms with E-state index in [2.05, 4.69) is 4.98 Å². The Balaban J connectivity index is 2.90. The van der Waals surface area contributed by atoms with Gasteiger partial charge in [0.15, 0.2) is 0 Å². The zero-order valence-electron chi connectivity index (χ0n) is 10.1. The van der Waals surface area contributed by atoms with Crippen LogP contribution in [0, 0.1) is 0 Å². The number of rotatable bonds is 4. The van der Waals surface area contributed by atoms with Gasteiger partial charge in [-0.1, -0.05) is 0 Å². The lowest BCUT2D eigenvalue weighted by atomic mass is 10.1. The fraction of sp³-hybridized carbons (Fsp3) is 0.333. The Morgan fingerprint density at radius 2 is 2.18 bits per heavy atom. The molecule has 0 saturated carbocycles. The molecule has 0 aliphatic carbocycles. The highest BCUT2D eigenvalue weighted by atomic mass is 16.5. The Kier molecular flexibility index (Phi) is 4.51. The number of esters is 1. The van der Waals surface area contributed by atoms with Crippen LogP contribution in [-0.2, 0) is 9.53 Å². The number of nitrogens with zero attached hydrogens (tertiary/aromatic N) is 1. The van der Waals surface area contributed by atoms with E-state index in [1.54, 1.807) is 26.0 Å². The molecule has 5 heteroatoms. The van der Waals surface area contributed by atoms with Crippen LogP contribution in [0.4, 0.5) is 0 Å². The van der Waals surface area contributed by atoms with Gasteiger partial charge in [-0.3, -0.25) is 0 Å². The molecule has 0 atom stereocenters. The highest BCUT2D eigenvalue weighted by Gasteiger charge is 2.14. The number of ether oxygens (including phenoxy) is 2. The van der Waals surface area contributed by atoms with Gasteiger partial charge in [-0.2, -0.15) is 0 Å². The summed E-state index contributed by atoms with van der Waals surface area (Å²) in [6.45, 7) is 3.55. The summed E-state index contributed by atoms with van der Waals surface area (Å²) in [5.74, 6) is 0.0109. The third kappa shape index (κ3) is 3.48. The van der Waals surface area contributed by atoms with Crippen molar-refractivity contribution < 1.29 is 14.3 Å². The van der Waals surface area contributed by atoms with E-state index in [9.17, 15) is 4.79 Å². The average Bonchev–Trinajstić information content (AvgIpc) is 2.30. The highest BCUT2D eigenvalue weighted by Crippen LogP contribution is 2.17. The first-order valence-corrected chi connectivity index (χ1v) is 5.21. The van der Waals surface area contributed by atoms with Gasteiger partial charge in [-0.15, -0.1) is 0 Å². The van der Waals surface area contributed by atoms with Crippen molar-refractivity contribution in [1.82, 2.24) is 4.98 Å². The van der Waals surface area contributed by atoms with Gasteiger partial charge in [-0.25, -0.2) is 9.78 Å². The fourth-order valence-electron chi connectivity index (χ4n) is 1.22. The van der Waals surface area contributed by atoms with Crippen LogP contribution in [0.25, 0.3) is 5.57 Å². The summed E-state index contributed by atoms with van der Waals surface area (Å²) in [4.78, 5) is 15.7. The Morgan fingerprint density at radius 3 is 2.59 bits per heavy atom. The third-order valence-corrected chi connectivity index (χ3v) is 1.99. The monoisotopic (exact) mass is 236 g/mol. The van der Waals surface area contributed by atoms with Crippen molar-refractivity contribution in [2.24, 2.45) is 5.73 Å². The van der Waals surface area contributed by atoms with E-state index in [1.165, 1.54) is 19.5 Å². The molecule has 5 nitrogen and oxygen atoms in total. The molecule has 0 amide bonds. The van der Waals surface area contributed by atoms with E-state index in [4.69, 9.17) is 15.2 Å².